The minimum absolute atomic E-state index is 0.528. The van der Waals surface area contributed by atoms with E-state index < -0.39 is 0 Å². The zero-order chi connectivity index (χ0) is 13.9. The average molecular weight is 252 g/mol. The highest BCUT2D eigenvalue weighted by atomic mass is 14.4. The summed E-state index contributed by atoms with van der Waals surface area (Å²) >= 11 is 0. The lowest BCUT2D eigenvalue weighted by atomic mass is 9.62. The van der Waals surface area contributed by atoms with Gasteiger partial charge < -0.3 is 0 Å². The number of rotatable bonds is 5. The van der Waals surface area contributed by atoms with Crippen molar-refractivity contribution in [2.75, 3.05) is 0 Å². The smallest absolute Gasteiger partial charge is 0.0303 e. The lowest BCUT2D eigenvalue weighted by Gasteiger charge is -2.43. The highest BCUT2D eigenvalue weighted by Crippen LogP contribution is 2.46. The molecule has 108 valence electrons. The van der Waals surface area contributed by atoms with Crippen LogP contribution in [0.1, 0.15) is 80.6 Å². The van der Waals surface area contributed by atoms with Crippen LogP contribution in [0.2, 0.25) is 0 Å². The molecule has 1 aliphatic carbocycles. The van der Waals surface area contributed by atoms with Crippen LogP contribution in [0.4, 0.5) is 0 Å². The highest BCUT2D eigenvalue weighted by Gasteiger charge is 2.36. The van der Waals surface area contributed by atoms with Crippen LogP contribution < -0.4 is 0 Å². The summed E-state index contributed by atoms with van der Waals surface area (Å²) in [6.07, 6.45) is 7.38. The summed E-state index contributed by atoms with van der Waals surface area (Å²) in [5.74, 6) is 4.51. The van der Waals surface area contributed by atoms with Crippen LogP contribution in [-0.4, -0.2) is 0 Å². The average Bonchev–Trinajstić information content (AvgIpc) is 2.28. The molecule has 1 fully saturated rings. The Morgan fingerprint density at radius 3 is 2.11 bits per heavy atom. The SMILES string of the molecule is CC(C)C(C)CC1CCCC(C(C)(C)C(C)C)C1. The van der Waals surface area contributed by atoms with Gasteiger partial charge in [-0.15, -0.1) is 0 Å². The maximum atomic E-state index is 2.50. The van der Waals surface area contributed by atoms with Crippen LogP contribution in [-0.2, 0) is 0 Å². The van der Waals surface area contributed by atoms with E-state index >= 15 is 0 Å². The zero-order valence-corrected chi connectivity index (χ0v) is 13.9. The second-order valence-corrected chi connectivity index (χ2v) is 8.16. The molecule has 1 aliphatic rings. The van der Waals surface area contributed by atoms with Gasteiger partial charge in [-0.2, -0.15) is 0 Å². The van der Waals surface area contributed by atoms with E-state index in [9.17, 15) is 0 Å². The molecule has 0 aliphatic heterocycles. The van der Waals surface area contributed by atoms with E-state index in [-0.39, 0.29) is 0 Å². The third kappa shape index (κ3) is 4.00. The third-order valence-corrected chi connectivity index (χ3v) is 6.17. The molecule has 0 saturated heterocycles. The van der Waals surface area contributed by atoms with Gasteiger partial charge in [-0.3, -0.25) is 0 Å². The Hall–Kier alpha value is 0. The lowest BCUT2D eigenvalue weighted by molar-refractivity contribution is 0.0707. The molecular formula is C18H36. The maximum Gasteiger partial charge on any atom is -0.0303 e. The first-order valence-corrected chi connectivity index (χ1v) is 8.25. The lowest BCUT2D eigenvalue weighted by Crippen LogP contribution is -2.34. The van der Waals surface area contributed by atoms with Crippen LogP contribution >= 0.6 is 0 Å². The Bertz CT molecular complexity index is 236. The Morgan fingerprint density at radius 1 is 1.00 bits per heavy atom. The topological polar surface area (TPSA) is 0 Å². The summed E-state index contributed by atoms with van der Waals surface area (Å²) in [5.41, 5.74) is 0.528. The Balaban J connectivity index is 2.56. The van der Waals surface area contributed by atoms with Gasteiger partial charge >= 0.3 is 0 Å². The Kier molecular flexibility index (Phi) is 5.74. The van der Waals surface area contributed by atoms with Crippen LogP contribution in [0.25, 0.3) is 0 Å². The van der Waals surface area contributed by atoms with Gasteiger partial charge in [0.2, 0.25) is 0 Å². The van der Waals surface area contributed by atoms with Crippen molar-refractivity contribution in [3.8, 4) is 0 Å². The fourth-order valence-electron chi connectivity index (χ4n) is 3.45. The van der Waals surface area contributed by atoms with Crippen molar-refractivity contribution in [3.05, 3.63) is 0 Å². The summed E-state index contributed by atoms with van der Waals surface area (Å²) in [6, 6.07) is 0. The molecule has 0 N–H and O–H groups in total. The third-order valence-electron chi connectivity index (χ3n) is 6.17. The van der Waals surface area contributed by atoms with Crippen molar-refractivity contribution in [1.82, 2.24) is 0 Å². The molecule has 0 heteroatoms. The van der Waals surface area contributed by atoms with Crippen LogP contribution in [0, 0.1) is 35.0 Å². The van der Waals surface area contributed by atoms with Gasteiger partial charge in [0.25, 0.3) is 0 Å². The molecule has 0 aromatic rings. The summed E-state index contributed by atoms with van der Waals surface area (Å²) in [5, 5.41) is 0. The first-order valence-electron chi connectivity index (χ1n) is 8.25. The molecule has 18 heavy (non-hydrogen) atoms. The molecule has 3 unspecified atom stereocenters. The first-order chi connectivity index (χ1) is 8.25. The molecule has 1 rings (SSSR count). The fraction of sp³-hybridized carbons (Fsp3) is 1.00. The van der Waals surface area contributed by atoms with E-state index in [1.165, 1.54) is 32.1 Å². The van der Waals surface area contributed by atoms with E-state index in [4.69, 9.17) is 0 Å². The van der Waals surface area contributed by atoms with Crippen LogP contribution in [0.3, 0.4) is 0 Å². The molecule has 0 aromatic heterocycles. The first kappa shape index (κ1) is 16.1. The Morgan fingerprint density at radius 2 is 1.61 bits per heavy atom. The molecule has 0 radical (unpaired) electrons. The summed E-state index contributed by atoms with van der Waals surface area (Å²) < 4.78 is 0. The van der Waals surface area contributed by atoms with Crippen LogP contribution in [0.5, 0.6) is 0 Å². The van der Waals surface area contributed by atoms with Crippen molar-refractivity contribution >= 4 is 0 Å². The minimum atomic E-state index is 0.528. The predicted octanol–water partition coefficient (Wildman–Crippen LogP) is 6.16. The zero-order valence-electron chi connectivity index (χ0n) is 13.9. The molecule has 0 aromatic carbocycles. The monoisotopic (exact) mass is 252 g/mol. The van der Waals surface area contributed by atoms with Gasteiger partial charge in [0.15, 0.2) is 0 Å². The predicted molar refractivity (Wildman–Crippen MR) is 82.7 cm³/mol. The second-order valence-electron chi connectivity index (χ2n) is 8.16. The van der Waals surface area contributed by atoms with Crippen molar-refractivity contribution in [2.45, 2.75) is 80.6 Å². The highest BCUT2D eigenvalue weighted by molar-refractivity contribution is 4.86. The van der Waals surface area contributed by atoms with Crippen molar-refractivity contribution < 1.29 is 0 Å². The fourth-order valence-corrected chi connectivity index (χ4v) is 3.45. The quantitative estimate of drug-likeness (QED) is 0.550. The van der Waals surface area contributed by atoms with E-state index in [0.717, 1.165) is 29.6 Å². The van der Waals surface area contributed by atoms with Gasteiger partial charge in [0.1, 0.15) is 0 Å². The molecule has 0 amide bonds. The van der Waals surface area contributed by atoms with Gasteiger partial charge in [-0.25, -0.2) is 0 Å². The minimum Gasteiger partial charge on any atom is -0.0625 e. The molecular weight excluding hydrogens is 216 g/mol. The second kappa shape index (κ2) is 6.44. The van der Waals surface area contributed by atoms with E-state index in [0.29, 0.717) is 5.41 Å². The molecule has 0 spiro atoms. The van der Waals surface area contributed by atoms with Gasteiger partial charge in [0.05, 0.1) is 0 Å². The maximum absolute atomic E-state index is 2.50. The molecule has 0 bridgehead atoms. The largest absolute Gasteiger partial charge is 0.0625 e. The normalized spacial score (nSPS) is 27.8. The summed E-state index contributed by atoms with van der Waals surface area (Å²) in [6.45, 7) is 17.0. The van der Waals surface area contributed by atoms with Gasteiger partial charge in [0, 0.05) is 0 Å². The summed E-state index contributed by atoms with van der Waals surface area (Å²) in [4.78, 5) is 0. The van der Waals surface area contributed by atoms with Crippen LogP contribution in [0.15, 0.2) is 0 Å². The standard InChI is InChI=1S/C18H36/c1-13(2)15(5)11-16-9-8-10-17(12-16)18(6,7)14(3)4/h13-17H,8-12H2,1-7H3. The van der Waals surface area contributed by atoms with Gasteiger partial charge in [-0.05, 0) is 54.3 Å². The molecule has 3 atom stereocenters. The Labute approximate surface area is 116 Å². The summed E-state index contributed by atoms with van der Waals surface area (Å²) in [7, 11) is 0. The number of hydrogen-bond donors (Lipinski definition) is 0. The number of hydrogen-bond acceptors (Lipinski definition) is 0. The van der Waals surface area contributed by atoms with Crippen molar-refractivity contribution in [2.24, 2.45) is 35.0 Å². The molecule has 0 heterocycles. The van der Waals surface area contributed by atoms with E-state index in [1.807, 2.05) is 0 Å². The van der Waals surface area contributed by atoms with E-state index in [2.05, 4.69) is 48.5 Å². The van der Waals surface area contributed by atoms with Gasteiger partial charge in [-0.1, -0.05) is 61.3 Å². The molecule has 1 saturated carbocycles. The van der Waals surface area contributed by atoms with Crippen molar-refractivity contribution in [1.29, 1.82) is 0 Å². The van der Waals surface area contributed by atoms with E-state index in [1.54, 1.807) is 0 Å². The van der Waals surface area contributed by atoms with Crippen molar-refractivity contribution in [3.63, 3.8) is 0 Å². The molecule has 0 nitrogen and oxygen atoms in total.